The molecule has 0 amide bonds. The largest absolute Gasteiger partial charge is 0.472 e. The molecule has 0 aromatic rings. The van der Waals surface area contributed by atoms with Crippen molar-refractivity contribution in [3.05, 3.63) is 60.8 Å². The molecule has 0 radical (unpaired) electrons. The molecule has 0 aliphatic rings. The Bertz CT molecular complexity index is 1210. The van der Waals surface area contributed by atoms with Gasteiger partial charge in [0.15, 0.2) is 6.10 Å². The number of phosphoric acid groups is 1. The number of phosphoric ester groups is 1. The van der Waals surface area contributed by atoms with E-state index in [-0.39, 0.29) is 32.0 Å². The molecule has 348 valence electrons. The molecule has 1 unspecified atom stereocenters. The van der Waals surface area contributed by atoms with Crippen LogP contribution in [0.3, 0.4) is 0 Å². The fraction of sp³-hybridized carbons (Fsp3) is 0.760. The van der Waals surface area contributed by atoms with E-state index in [4.69, 9.17) is 18.5 Å². The quantitative estimate of drug-likeness (QED) is 0.0212. The monoisotopic (exact) mass is 865 g/mol. The zero-order valence-electron chi connectivity index (χ0n) is 39.2. The number of rotatable bonds is 43. The van der Waals surface area contributed by atoms with Crippen LogP contribution in [0.25, 0.3) is 0 Å². The van der Waals surface area contributed by atoms with Gasteiger partial charge in [0.05, 0.1) is 27.7 Å². The average Bonchev–Trinajstić information content (AvgIpc) is 3.20. The van der Waals surface area contributed by atoms with Crippen molar-refractivity contribution in [1.29, 1.82) is 0 Å². The van der Waals surface area contributed by atoms with Gasteiger partial charge in [0.2, 0.25) is 0 Å². The third-order valence-electron chi connectivity index (χ3n) is 10.0. The number of allylic oxidation sites excluding steroid dienone is 10. The Morgan fingerprint density at radius 1 is 0.517 bits per heavy atom. The molecule has 2 atom stereocenters. The van der Waals surface area contributed by atoms with E-state index >= 15 is 0 Å². The van der Waals surface area contributed by atoms with Gasteiger partial charge in [-0.15, -0.1) is 0 Å². The maximum Gasteiger partial charge on any atom is 0.472 e. The topological polar surface area (TPSA) is 108 Å². The van der Waals surface area contributed by atoms with Gasteiger partial charge in [-0.05, 0) is 83.5 Å². The molecule has 60 heavy (non-hydrogen) atoms. The van der Waals surface area contributed by atoms with Crippen molar-refractivity contribution >= 4 is 19.8 Å². The van der Waals surface area contributed by atoms with Crippen LogP contribution in [0.5, 0.6) is 0 Å². The standard InChI is InChI=1S/C50H90NO8P/c1-6-8-10-12-14-16-18-20-22-24-25-27-29-31-33-35-37-39-41-43-50(53)59-48(47-58-60(54,55)57-45-44-51(3,4)5)46-56-49(52)42-40-38-36-34-32-30-28-26-23-21-19-17-15-13-11-9-7-2/h14,16,20-23,25,27,31,33,48H,6-13,15,17-19,24,26,28-30,32,34-47H2,1-5H3/p+1/b16-14-,22-20-,23-21-,27-25-,33-31-/t48-/m1/s1. The fourth-order valence-corrected chi connectivity index (χ4v) is 6.97. The maximum atomic E-state index is 12.7. The highest BCUT2D eigenvalue weighted by Gasteiger charge is 2.27. The number of likely N-dealkylation sites (N-methyl/N-ethyl adjacent to an activating group) is 1. The molecule has 0 aliphatic carbocycles. The molecule has 0 spiro atoms. The Balaban J connectivity index is 4.39. The number of carbonyl (C=O) groups excluding carboxylic acids is 2. The summed E-state index contributed by atoms with van der Waals surface area (Å²) in [6.45, 7) is 4.35. The molecule has 1 N–H and O–H groups in total. The number of carbonyl (C=O) groups is 2. The van der Waals surface area contributed by atoms with Crippen LogP contribution in [0.1, 0.15) is 194 Å². The lowest BCUT2D eigenvalue weighted by atomic mass is 10.1. The molecule has 10 heteroatoms. The highest BCUT2D eigenvalue weighted by molar-refractivity contribution is 7.47. The molecule has 9 nitrogen and oxygen atoms in total. The van der Waals surface area contributed by atoms with Gasteiger partial charge in [-0.2, -0.15) is 0 Å². The lowest BCUT2D eigenvalue weighted by molar-refractivity contribution is -0.870. The Morgan fingerprint density at radius 2 is 0.900 bits per heavy atom. The Hall–Kier alpha value is -2.29. The van der Waals surface area contributed by atoms with Crippen LogP contribution < -0.4 is 0 Å². The smallest absolute Gasteiger partial charge is 0.462 e. The van der Waals surface area contributed by atoms with Crippen LogP contribution in [0.4, 0.5) is 0 Å². The van der Waals surface area contributed by atoms with Crippen molar-refractivity contribution in [3.8, 4) is 0 Å². The minimum absolute atomic E-state index is 0.0223. The second kappa shape index (κ2) is 42.0. The lowest BCUT2D eigenvalue weighted by Gasteiger charge is -2.24. The van der Waals surface area contributed by atoms with E-state index in [0.717, 1.165) is 70.6 Å². The van der Waals surface area contributed by atoms with Gasteiger partial charge < -0.3 is 18.9 Å². The van der Waals surface area contributed by atoms with E-state index in [0.29, 0.717) is 17.4 Å². The summed E-state index contributed by atoms with van der Waals surface area (Å²) in [6, 6.07) is 0. The number of ether oxygens (including phenoxy) is 2. The van der Waals surface area contributed by atoms with Gasteiger partial charge in [-0.25, -0.2) is 4.57 Å². The number of unbranched alkanes of at least 4 members (excludes halogenated alkanes) is 19. The van der Waals surface area contributed by atoms with E-state index in [1.165, 1.54) is 89.9 Å². The molecule has 0 bridgehead atoms. The predicted molar refractivity (Wildman–Crippen MR) is 252 cm³/mol. The van der Waals surface area contributed by atoms with E-state index in [1.54, 1.807) is 0 Å². The van der Waals surface area contributed by atoms with Gasteiger partial charge in [-0.1, -0.05) is 158 Å². The van der Waals surface area contributed by atoms with Crippen molar-refractivity contribution in [3.63, 3.8) is 0 Å². The molecule has 0 aromatic carbocycles. The maximum absolute atomic E-state index is 12.7. The Kier molecular flexibility index (Phi) is 40.4. The molecule has 0 aromatic heterocycles. The van der Waals surface area contributed by atoms with Crippen molar-refractivity contribution in [1.82, 2.24) is 0 Å². The summed E-state index contributed by atoms with van der Waals surface area (Å²) >= 11 is 0. The Labute approximate surface area is 368 Å². The summed E-state index contributed by atoms with van der Waals surface area (Å²) in [5.41, 5.74) is 0. The van der Waals surface area contributed by atoms with Gasteiger partial charge in [0.1, 0.15) is 19.8 Å². The highest BCUT2D eigenvalue weighted by Crippen LogP contribution is 2.43. The Morgan fingerprint density at radius 3 is 1.40 bits per heavy atom. The summed E-state index contributed by atoms with van der Waals surface area (Å²) in [5.74, 6) is -0.840. The first-order valence-electron chi connectivity index (χ1n) is 24.0. The highest BCUT2D eigenvalue weighted by atomic mass is 31.2. The van der Waals surface area contributed by atoms with Gasteiger partial charge in [0, 0.05) is 12.8 Å². The summed E-state index contributed by atoms with van der Waals surface area (Å²) < 4.78 is 34.3. The normalized spacial score (nSPS) is 14.0. The van der Waals surface area contributed by atoms with Crippen LogP contribution in [-0.4, -0.2) is 74.9 Å². The van der Waals surface area contributed by atoms with Gasteiger partial charge >= 0.3 is 19.8 Å². The second-order valence-corrected chi connectivity index (χ2v) is 18.6. The van der Waals surface area contributed by atoms with Gasteiger partial charge in [0.25, 0.3) is 0 Å². The van der Waals surface area contributed by atoms with Crippen LogP contribution in [-0.2, 0) is 32.7 Å². The van der Waals surface area contributed by atoms with E-state index in [2.05, 4.69) is 74.6 Å². The van der Waals surface area contributed by atoms with Crippen LogP contribution in [0.2, 0.25) is 0 Å². The molecule has 0 heterocycles. The summed E-state index contributed by atoms with van der Waals surface area (Å²) in [5, 5.41) is 0. The SMILES string of the molecule is CCCCC/C=C\C/C=C\C/C=C\C/C=C\CCCCCC(=O)O[C@H](COC(=O)CCCCCCCCC/C=C\CCCCCCCC)COP(=O)(O)OCC[N+](C)(C)C. The molecule has 0 saturated carbocycles. The van der Waals surface area contributed by atoms with E-state index in [9.17, 15) is 19.0 Å². The third-order valence-corrected chi connectivity index (χ3v) is 11.0. The number of hydrogen-bond acceptors (Lipinski definition) is 7. The van der Waals surface area contributed by atoms with Crippen LogP contribution >= 0.6 is 7.82 Å². The van der Waals surface area contributed by atoms with Crippen molar-refractivity contribution in [2.24, 2.45) is 0 Å². The lowest BCUT2D eigenvalue weighted by Crippen LogP contribution is -2.37. The molecular formula is C50H91NO8P+. The number of nitrogens with zero attached hydrogens (tertiary/aromatic N) is 1. The second-order valence-electron chi connectivity index (χ2n) is 17.1. The first kappa shape index (κ1) is 57.7. The van der Waals surface area contributed by atoms with Crippen molar-refractivity contribution in [2.75, 3.05) is 47.5 Å². The first-order valence-corrected chi connectivity index (χ1v) is 25.5. The van der Waals surface area contributed by atoms with Crippen LogP contribution in [0.15, 0.2) is 60.8 Å². The predicted octanol–water partition coefficient (Wildman–Crippen LogP) is 14.0. The zero-order valence-corrected chi connectivity index (χ0v) is 40.1. The minimum atomic E-state index is -4.39. The fourth-order valence-electron chi connectivity index (χ4n) is 6.23. The summed E-state index contributed by atoms with van der Waals surface area (Å²) in [4.78, 5) is 35.5. The molecule has 0 aliphatic heterocycles. The average molecular weight is 865 g/mol. The van der Waals surface area contributed by atoms with E-state index < -0.39 is 26.5 Å². The number of esters is 2. The summed E-state index contributed by atoms with van der Waals surface area (Å²) in [6.07, 6.45) is 51.2. The molecule has 0 fully saturated rings. The van der Waals surface area contributed by atoms with Crippen LogP contribution in [0, 0.1) is 0 Å². The first-order chi connectivity index (χ1) is 29.0. The molecular weight excluding hydrogens is 774 g/mol. The third kappa shape index (κ3) is 45.2. The van der Waals surface area contributed by atoms with E-state index in [1.807, 2.05) is 21.1 Å². The molecule has 0 rings (SSSR count). The van der Waals surface area contributed by atoms with Crippen molar-refractivity contribution < 1.29 is 42.1 Å². The zero-order chi connectivity index (χ0) is 44.3. The number of hydrogen-bond donors (Lipinski definition) is 1. The van der Waals surface area contributed by atoms with Crippen molar-refractivity contribution in [2.45, 2.75) is 200 Å². The van der Waals surface area contributed by atoms with Gasteiger partial charge in [-0.3, -0.25) is 18.6 Å². The molecule has 0 saturated heterocycles. The summed E-state index contributed by atoms with van der Waals surface area (Å²) in [7, 11) is 1.45. The minimum Gasteiger partial charge on any atom is -0.462 e. The number of quaternary nitrogens is 1.